The maximum absolute atomic E-state index is 12.8. The number of carbonyl (C=O) groups excluding carboxylic acids is 2. The average Bonchev–Trinajstić information content (AvgIpc) is 2.68. The van der Waals surface area contributed by atoms with Gasteiger partial charge in [-0.3, -0.25) is 9.59 Å². The molecule has 0 aromatic heterocycles. The third-order valence-electron chi connectivity index (χ3n) is 4.59. The predicted molar refractivity (Wildman–Crippen MR) is 102 cm³/mol. The summed E-state index contributed by atoms with van der Waals surface area (Å²) in [6, 6.07) is 14.4. The molecule has 2 aromatic carbocycles. The number of methoxy groups -OCH3 is 1. The maximum atomic E-state index is 12.8. The van der Waals surface area contributed by atoms with E-state index in [1.165, 1.54) is 7.11 Å². The number of hydrogen-bond acceptors (Lipinski definition) is 3. The van der Waals surface area contributed by atoms with Crippen LogP contribution in [0.2, 0.25) is 5.02 Å². The fraction of sp³-hybridized carbons (Fsp3) is 0.300. The van der Waals surface area contributed by atoms with Gasteiger partial charge in [-0.05, 0) is 43.2 Å². The Morgan fingerprint density at radius 1 is 1.12 bits per heavy atom. The molecule has 2 amide bonds. The van der Waals surface area contributed by atoms with Crippen LogP contribution in [0.1, 0.15) is 23.2 Å². The Bertz CT molecular complexity index is 787. The van der Waals surface area contributed by atoms with Gasteiger partial charge in [-0.1, -0.05) is 29.8 Å². The standard InChI is InChI=1S/C20H21ClN2O3/c1-26-18-8-7-15(21)13-17(18)20(25)23-11-9-14(10-12-23)19(24)22-16-5-3-2-4-6-16/h2-8,13-14H,9-12H2,1H3,(H,22,24). The SMILES string of the molecule is COc1ccc(Cl)cc1C(=O)N1CCC(C(=O)Nc2ccccc2)CC1. The first-order valence-electron chi connectivity index (χ1n) is 8.57. The highest BCUT2D eigenvalue weighted by Gasteiger charge is 2.29. The van der Waals surface area contributed by atoms with Crippen molar-refractivity contribution in [2.24, 2.45) is 5.92 Å². The van der Waals surface area contributed by atoms with E-state index in [1.54, 1.807) is 23.1 Å². The zero-order valence-corrected chi connectivity index (χ0v) is 15.3. The maximum Gasteiger partial charge on any atom is 0.257 e. The molecular formula is C20H21ClN2O3. The molecule has 136 valence electrons. The van der Waals surface area contributed by atoms with Crippen LogP contribution in [-0.4, -0.2) is 36.9 Å². The van der Waals surface area contributed by atoms with E-state index in [1.807, 2.05) is 30.3 Å². The van der Waals surface area contributed by atoms with Crippen LogP contribution in [0.5, 0.6) is 5.75 Å². The molecule has 6 heteroatoms. The van der Waals surface area contributed by atoms with Gasteiger partial charge in [0.25, 0.3) is 5.91 Å². The predicted octanol–water partition coefficient (Wildman–Crippen LogP) is 3.84. The van der Waals surface area contributed by atoms with Crippen molar-refractivity contribution in [3.05, 3.63) is 59.1 Å². The molecule has 0 unspecified atom stereocenters. The summed E-state index contributed by atoms with van der Waals surface area (Å²) in [5.41, 5.74) is 1.24. The number of carbonyl (C=O) groups is 2. The number of hydrogen-bond donors (Lipinski definition) is 1. The van der Waals surface area contributed by atoms with Crippen LogP contribution in [-0.2, 0) is 4.79 Å². The van der Waals surface area contributed by atoms with Crippen LogP contribution in [0.4, 0.5) is 5.69 Å². The Labute approximate surface area is 157 Å². The fourth-order valence-corrected chi connectivity index (χ4v) is 3.30. The largest absolute Gasteiger partial charge is 0.496 e. The number of rotatable bonds is 4. The molecule has 26 heavy (non-hydrogen) atoms. The monoisotopic (exact) mass is 372 g/mol. The zero-order valence-electron chi connectivity index (χ0n) is 14.6. The molecule has 1 aliphatic heterocycles. The van der Waals surface area contributed by atoms with E-state index in [-0.39, 0.29) is 17.7 Å². The first kappa shape index (κ1) is 18.3. The second-order valence-corrected chi connectivity index (χ2v) is 6.70. The van der Waals surface area contributed by atoms with Crippen LogP contribution in [0.3, 0.4) is 0 Å². The number of ether oxygens (including phenoxy) is 1. The first-order chi connectivity index (χ1) is 12.6. The van der Waals surface area contributed by atoms with Crippen LogP contribution < -0.4 is 10.1 Å². The van der Waals surface area contributed by atoms with Gasteiger partial charge in [-0.2, -0.15) is 0 Å². The summed E-state index contributed by atoms with van der Waals surface area (Å²) in [6.45, 7) is 1.06. The number of anilines is 1. The van der Waals surface area contributed by atoms with Gasteiger partial charge in [0.2, 0.25) is 5.91 Å². The number of nitrogens with one attached hydrogen (secondary N) is 1. The van der Waals surface area contributed by atoms with E-state index in [2.05, 4.69) is 5.32 Å². The van der Waals surface area contributed by atoms with Crippen molar-refractivity contribution in [1.82, 2.24) is 4.90 Å². The van der Waals surface area contributed by atoms with Crippen LogP contribution in [0.25, 0.3) is 0 Å². The molecule has 1 N–H and O–H groups in total. The van der Waals surface area contributed by atoms with E-state index in [0.29, 0.717) is 42.3 Å². The van der Waals surface area contributed by atoms with Crippen LogP contribution >= 0.6 is 11.6 Å². The minimum absolute atomic E-state index is 0.00337. The first-order valence-corrected chi connectivity index (χ1v) is 8.95. The topological polar surface area (TPSA) is 58.6 Å². The summed E-state index contributed by atoms with van der Waals surface area (Å²) in [5.74, 6) is 0.291. The van der Waals surface area contributed by atoms with Gasteiger partial charge in [-0.25, -0.2) is 0 Å². The van der Waals surface area contributed by atoms with Gasteiger partial charge in [0, 0.05) is 29.7 Å². The normalized spacial score (nSPS) is 14.8. The number of piperidine rings is 1. The summed E-state index contributed by atoms with van der Waals surface area (Å²) in [4.78, 5) is 26.9. The molecular weight excluding hydrogens is 352 g/mol. The lowest BCUT2D eigenvalue weighted by Gasteiger charge is -2.31. The van der Waals surface area contributed by atoms with Gasteiger partial charge in [0.05, 0.1) is 12.7 Å². The molecule has 2 aromatic rings. The Kier molecular flexibility index (Phi) is 5.78. The van der Waals surface area contributed by atoms with Crippen molar-refractivity contribution in [3.63, 3.8) is 0 Å². The number of benzene rings is 2. The van der Waals surface area contributed by atoms with Gasteiger partial charge in [0.1, 0.15) is 5.75 Å². The molecule has 0 atom stereocenters. The molecule has 0 aliphatic carbocycles. The lowest BCUT2D eigenvalue weighted by atomic mass is 9.95. The van der Waals surface area contributed by atoms with Crippen molar-refractivity contribution in [2.75, 3.05) is 25.5 Å². The smallest absolute Gasteiger partial charge is 0.257 e. The third-order valence-corrected chi connectivity index (χ3v) is 4.82. The number of nitrogens with zero attached hydrogens (tertiary/aromatic N) is 1. The molecule has 0 spiro atoms. The zero-order chi connectivity index (χ0) is 18.5. The summed E-state index contributed by atoms with van der Waals surface area (Å²) >= 11 is 6.02. The highest BCUT2D eigenvalue weighted by Crippen LogP contribution is 2.27. The number of halogens is 1. The molecule has 5 nitrogen and oxygen atoms in total. The van der Waals surface area contributed by atoms with E-state index in [9.17, 15) is 9.59 Å². The van der Waals surface area contributed by atoms with E-state index < -0.39 is 0 Å². The minimum Gasteiger partial charge on any atom is -0.496 e. The Morgan fingerprint density at radius 3 is 2.46 bits per heavy atom. The molecule has 0 bridgehead atoms. The Hall–Kier alpha value is -2.53. The fourth-order valence-electron chi connectivity index (χ4n) is 3.13. The summed E-state index contributed by atoms with van der Waals surface area (Å²) < 4.78 is 5.27. The third kappa shape index (κ3) is 4.17. The summed E-state index contributed by atoms with van der Waals surface area (Å²) in [5, 5.41) is 3.43. The minimum atomic E-state index is -0.119. The molecule has 1 aliphatic rings. The number of para-hydroxylation sites is 1. The second kappa shape index (κ2) is 8.23. The summed E-state index contributed by atoms with van der Waals surface area (Å²) in [6.07, 6.45) is 1.26. The van der Waals surface area contributed by atoms with Gasteiger partial charge in [-0.15, -0.1) is 0 Å². The van der Waals surface area contributed by atoms with Gasteiger partial charge < -0.3 is 15.0 Å². The average molecular weight is 373 g/mol. The lowest BCUT2D eigenvalue weighted by molar-refractivity contribution is -0.121. The van der Waals surface area contributed by atoms with Gasteiger partial charge in [0.15, 0.2) is 0 Å². The van der Waals surface area contributed by atoms with Crippen molar-refractivity contribution < 1.29 is 14.3 Å². The van der Waals surface area contributed by atoms with Crippen molar-refractivity contribution >= 4 is 29.1 Å². The quantitative estimate of drug-likeness (QED) is 0.887. The van der Waals surface area contributed by atoms with Crippen molar-refractivity contribution in [3.8, 4) is 5.75 Å². The number of likely N-dealkylation sites (tertiary alicyclic amines) is 1. The second-order valence-electron chi connectivity index (χ2n) is 6.27. The van der Waals surface area contributed by atoms with Crippen LogP contribution in [0.15, 0.2) is 48.5 Å². The Balaban J connectivity index is 1.60. The van der Waals surface area contributed by atoms with Gasteiger partial charge >= 0.3 is 0 Å². The molecule has 3 rings (SSSR count). The highest BCUT2D eigenvalue weighted by atomic mass is 35.5. The van der Waals surface area contributed by atoms with Crippen molar-refractivity contribution in [1.29, 1.82) is 0 Å². The number of amides is 2. The Morgan fingerprint density at radius 2 is 1.81 bits per heavy atom. The van der Waals surface area contributed by atoms with Crippen molar-refractivity contribution in [2.45, 2.75) is 12.8 Å². The van der Waals surface area contributed by atoms with E-state index in [4.69, 9.17) is 16.3 Å². The molecule has 1 saturated heterocycles. The highest BCUT2D eigenvalue weighted by molar-refractivity contribution is 6.31. The van der Waals surface area contributed by atoms with Crippen LogP contribution in [0, 0.1) is 5.92 Å². The molecule has 0 radical (unpaired) electrons. The van der Waals surface area contributed by atoms with E-state index >= 15 is 0 Å². The molecule has 1 heterocycles. The molecule has 0 saturated carbocycles. The lowest BCUT2D eigenvalue weighted by Crippen LogP contribution is -2.41. The molecule has 1 fully saturated rings. The summed E-state index contributed by atoms with van der Waals surface area (Å²) in [7, 11) is 1.53. The van der Waals surface area contributed by atoms with E-state index in [0.717, 1.165) is 5.69 Å².